The molecular formula is C19H24N4O3. The van der Waals surface area contributed by atoms with Crippen LogP contribution in [0.4, 0.5) is 5.82 Å². The molecule has 2 aromatic rings. The van der Waals surface area contributed by atoms with Crippen molar-refractivity contribution in [1.29, 1.82) is 0 Å². The second-order valence-electron chi connectivity index (χ2n) is 6.35. The summed E-state index contributed by atoms with van der Waals surface area (Å²) in [4.78, 5) is 22.6. The van der Waals surface area contributed by atoms with E-state index in [1.807, 2.05) is 29.2 Å². The van der Waals surface area contributed by atoms with Crippen molar-refractivity contribution in [2.75, 3.05) is 25.1 Å². The summed E-state index contributed by atoms with van der Waals surface area (Å²) in [7, 11) is 1.63. The quantitative estimate of drug-likeness (QED) is 0.808. The van der Waals surface area contributed by atoms with Crippen molar-refractivity contribution in [1.82, 2.24) is 15.3 Å². The summed E-state index contributed by atoms with van der Waals surface area (Å²) in [5, 5.41) is 13.3. The van der Waals surface area contributed by atoms with Crippen molar-refractivity contribution in [2.24, 2.45) is 0 Å². The molecule has 1 aliphatic heterocycles. The number of piperidine rings is 1. The Morgan fingerprint density at radius 3 is 2.96 bits per heavy atom. The number of β-amino-alcohol motifs (C(OH)–C–C–N with tert-alkyl or cyclic N) is 1. The molecule has 7 nitrogen and oxygen atoms in total. The molecule has 1 aromatic heterocycles. The maximum absolute atomic E-state index is 12.3. The minimum Gasteiger partial charge on any atom is -0.496 e. The Morgan fingerprint density at radius 2 is 2.23 bits per heavy atom. The molecule has 2 N–H and O–H groups in total. The van der Waals surface area contributed by atoms with E-state index in [9.17, 15) is 9.90 Å². The summed E-state index contributed by atoms with van der Waals surface area (Å²) in [6.07, 6.45) is 5.92. The number of aromatic nitrogens is 2. The van der Waals surface area contributed by atoms with Gasteiger partial charge in [0.25, 0.3) is 0 Å². The first kappa shape index (κ1) is 18.1. The van der Waals surface area contributed by atoms with E-state index in [-0.39, 0.29) is 11.9 Å². The number of ether oxygens (including phenoxy) is 1. The Bertz CT molecular complexity index is 726. The highest BCUT2D eigenvalue weighted by atomic mass is 16.5. The van der Waals surface area contributed by atoms with Crippen LogP contribution in [0.3, 0.4) is 0 Å². The van der Waals surface area contributed by atoms with Gasteiger partial charge in [0.15, 0.2) is 0 Å². The lowest BCUT2D eigenvalue weighted by atomic mass is 10.0. The number of aliphatic hydroxyl groups excluding tert-OH is 1. The van der Waals surface area contributed by atoms with Crippen LogP contribution in [0.5, 0.6) is 5.75 Å². The predicted molar refractivity (Wildman–Crippen MR) is 98.1 cm³/mol. The van der Waals surface area contributed by atoms with Crippen LogP contribution in [0, 0.1) is 0 Å². The molecule has 1 fully saturated rings. The zero-order chi connectivity index (χ0) is 18.4. The van der Waals surface area contributed by atoms with Crippen molar-refractivity contribution >= 4 is 11.7 Å². The monoisotopic (exact) mass is 356 g/mol. The number of benzene rings is 1. The lowest BCUT2D eigenvalue weighted by Crippen LogP contribution is -2.54. The van der Waals surface area contributed by atoms with Crippen LogP contribution < -0.4 is 15.0 Å². The minimum absolute atomic E-state index is 0.0621. The van der Waals surface area contributed by atoms with Crippen LogP contribution >= 0.6 is 0 Å². The molecule has 0 aliphatic carbocycles. The molecule has 26 heavy (non-hydrogen) atoms. The topological polar surface area (TPSA) is 87.6 Å². The summed E-state index contributed by atoms with van der Waals surface area (Å²) in [5.74, 6) is 1.47. The zero-order valence-electron chi connectivity index (χ0n) is 14.8. The number of para-hydroxylation sites is 1. The first-order valence-electron chi connectivity index (χ1n) is 8.77. The normalized spacial score (nSPS) is 19.8. The third-order valence-corrected chi connectivity index (χ3v) is 4.62. The van der Waals surface area contributed by atoms with E-state index in [0.29, 0.717) is 32.4 Å². The van der Waals surface area contributed by atoms with Crippen LogP contribution in [0.1, 0.15) is 18.4 Å². The van der Waals surface area contributed by atoms with Crippen LogP contribution in [-0.2, 0) is 11.2 Å². The average molecular weight is 356 g/mol. The van der Waals surface area contributed by atoms with Crippen molar-refractivity contribution in [3.8, 4) is 5.75 Å². The van der Waals surface area contributed by atoms with Crippen LogP contribution in [0.25, 0.3) is 0 Å². The number of aliphatic hydroxyl groups is 1. The molecule has 1 saturated heterocycles. The van der Waals surface area contributed by atoms with Gasteiger partial charge in [-0.05, 0) is 24.5 Å². The highest BCUT2D eigenvalue weighted by Gasteiger charge is 2.29. The Hall–Kier alpha value is -2.67. The fourth-order valence-corrected chi connectivity index (χ4v) is 3.20. The smallest absolute Gasteiger partial charge is 0.220 e. The summed E-state index contributed by atoms with van der Waals surface area (Å²) in [6.45, 7) is 1.14. The first-order chi connectivity index (χ1) is 12.7. The maximum atomic E-state index is 12.3. The third kappa shape index (κ3) is 4.49. The van der Waals surface area contributed by atoms with Gasteiger partial charge in [0.1, 0.15) is 11.6 Å². The van der Waals surface area contributed by atoms with Crippen molar-refractivity contribution < 1.29 is 14.6 Å². The molecule has 2 atom stereocenters. The molecule has 0 unspecified atom stereocenters. The second-order valence-corrected chi connectivity index (χ2v) is 6.35. The largest absolute Gasteiger partial charge is 0.496 e. The molecule has 1 aliphatic rings. The Labute approximate surface area is 153 Å². The molecule has 0 bridgehead atoms. The first-order valence-corrected chi connectivity index (χ1v) is 8.77. The zero-order valence-corrected chi connectivity index (χ0v) is 14.8. The number of anilines is 1. The predicted octanol–water partition coefficient (Wildman–Crippen LogP) is 1.17. The second kappa shape index (κ2) is 8.62. The number of amides is 1. The SMILES string of the molecule is COc1ccccc1CCC(=O)N[C@@H]1CCN(c2cnccn2)C[C@H]1O. The van der Waals surface area contributed by atoms with E-state index in [1.54, 1.807) is 25.7 Å². The van der Waals surface area contributed by atoms with E-state index in [0.717, 1.165) is 17.1 Å². The molecule has 1 amide bonds. The van der Waals surface area contributed by atoms with E-state index in [4.69, 9.17) is 4.74 Å². The lowest BCUT2D eigenvalue weighted by molar-refractivity contribution is -0.122. The maximum Gasteiger partial charge on any atom is 0.220 e. The molecule has 2 heterocycles. The van der Waals surface area contributed by atoms with E-state index in [1.165, 1.54) is 0 Å². The number of carbonyl (C=O) groups excluding carboxylic acids is 1. The van der Waals surface area contributed by atoms with Gasteiger partial charge in [0.2, 0.25) is 5.91 Å². The van der Waals surface area contributed by atoms with Gasteiger partial charge in [0, 0.05) is 31.9 Å². The number of rotatable bonds is 6. The van der Waals surface area contributed by atoms with Crippen LogP contribution in [0.15, 0.2) is 42.9 Å². The van der Waals surface area contributed by atoms with Gasteiger partial charge in [-0.3, -0.25) is 9.78 Å². The number of nitrogens with one attached hydrogen (secondary N) is 1. The number of carbonyl (C=O) groups is 1. The highest BCUT2D eigenvalue weighted by molar-refractivity contribution is 5.76. The standard InChI is InChI=1S/C19H24N4O3/c1-26-17-5-3-2-4-14(17)6-7-19(25)22-15-8-11-23(13-16(15)24)18-12-20-9-10-21-18/h2-5,9-10,12,15-16,24H,6-8,11,13H2,1H3,(H,22,25)/t15-,16-/m1/s1. The average Bonchev–Trinajstić information content (AvgIpc) is 2.69. The Balaban J connectivity index is 1.49. The number of aryl methyl sites for hydroxylation is 1. The fraction of sp³-hybridized carbons (Fsp3) is 0.421. The molecule has 1 aromatic carbocycles. The highest BCUT2D eigenvalue weighted by Crippen LogP contribution is 2.20. The number of hydrogen-bond acceptors (Lipinski definition) is 6. The van der Waals surface area contributed by atoms with E-state index in [2.05, 4.69) is 15.3 Å². The summed E-state index contributed by atoms with van der Waals surface area (Å²) in [5.41, 5.74) is 1.00. The van der Waals surface area contributed by atoms with Crippen LogP contribution in [0.2, 0.25) is 0 Å². The van der Waals surface area contributed by atoms with Gasteiger partial charge in [-0.1, -0.05) is 18.2 Å². The summed E-state index contributed by atoms with van der Waals surface area (Å²) >= 11 is 0. The van der Waals surface area contributed by atoms with Crippen LogP contribution in [-0.4, -0.2) is 53.3 Å². The van der Waals surface area contributed by atoms with Gasteiger partial charge in [-0.25, -0.2) is 4.98 Å². The lowest BCUT2D eigenvalue weighted by Gasteiger charge is -2.36. The van der Waals surface area contributed by atoms with Crippen molar-refractivity contribution in [3.05, 3.63) is 48.4 Å². The summed E-state index contributed by atoms with van der Waals surface area (Å²) in [6, 6.07) is 7.44. The molecule has 3 rings (SSSR count). The Morgan fingerprint density at radius 1 is 1.38 bits per heavy atom. The van der Waals surface area contributed by atoms with Crippen molar-refractivity contribution in [2.45, 2.75) is 31.4 Å². The van der Waals surface area contributed by atoms with Gasteiger partial charge < -0.3 is 20.1 Å². The molecule has 0 spiro atoms. The van der Waals surface area contributed by atoms with Gasteiger partial charge in [-0.2, -0.15) is 0 Å². The number of methoxy groups -OCH3 is 1. The number of hydrogen-bond donors (Lipinski definition) is 2. The van der Waals surface area contributed by atoms with Gasteiger partial charge in [-0.15, -0.1) is 0 Å². The van der Waals surface area contributed by atoms with E-state index >= 15 is 0 Å². The fourth-order valence-electron chi connectivity index (χ4n) is 3.20. The molecule has 7 heteroatoms. The van der Waals surface area contributed by atoms with E-state index < -0.39 is 6.10 Å². The molecular weight excluding hydrogens is 332 g/mol. The molecule has 0 radical (unpaired) electrons. The molecule has 0 saturated carbocycles. The third-order valence-electron chi connectivity index (χ3n) is 4.62. The minimum atomic E-state index is -0.638. The van der Waals surface area contributed by atoms with Gasteiger partial charge >= 0.3 is 0 Å². The summed E-state index contributed by atoms with van der Waals surface area (Å²) < 4.78 is 5.31. The molecule has 138 valence electrons. The number of nitrogens with zero attached hydrogens (tertiary/aromatic N) is 3. The van der Waals surface area contributed by atoms with Crippen molar-refractivity contribution in [3.63, 3.8) is 0 Å². The van der Waals surface area contributed by atoms with Gasteiger partial charge in [0.05, 0.1) is 25.5 Å². The Kier molecular flexibility index (Phi) is 6.01.